The van der Waals surface area contributed by atoms with Crippen LogP contribution in [0, 0.1) is 0 Å². The fourth-order valence-corrected chi connectivity index (χ4v) is 1.79. The highest BCUT2D eigenvalue weighted by atomic mass is 15.3. The second-order valence-corrected chi connectivity index (χ2v) is 5.05. The fourth-order valence-electron chi connectivity index (χ4n) is 1.79. The molecule has 0 amide bonds. The van der Waals surface area contributed by atoms with E-state index in [1.165, 1.54) is 11.1 Å². The van der Waals surface area contributed by atoms with Crippen molar-refractivity contribution in [1.29, 1.82) is 0 Å². The smallest absolute Gasteiger partial charge is 0.0756 e. The first-order valence-electron chi connectivity index (χ1n) is 5.43. The van der Waals surface area contributed by atoms with Gasteiger partial charge < -0.3 is 0 Å². The summed E-state index contributed by atoms with van der Waals surface area (Å²) in [6.07, 6.45) is 5.69. The fraction of sp³-hybridized carbons (Fsp3) is 0.385. The molecule has 0 aliphatic heterocycles. The Labute approximate surface area is 96.1 Å². The monoisotopic (exact) mass is 215 g/mol. The number of rotatable bonds is 1. The van der Waals surface area contributed by atoms with E-state index in [0.29, 0.717) is 0 Å². The molecule has 2 aromatic rings. The van der Waals surface area contributed by atoms with Gasteiger partial charge in [-0.1, -0.05) is 20.8 Å². The van der Waals surface area contributed by atoms with E-state index in [4.69, 9.17) is 0 Å². The lowest BCUT2D eigenvalue weighted by atomic mass is 9.88. The Morgan fingerprint density at radius 2 is 1.75 bits per heavy atom. The Bertz CT molecular complexity index is 478. The lowest BCUT2D eigenvalue weighted by Gasteiger charge is -2.17. The van der Waals surface area contributed by atoms with E-state index in [9.17, 15) is 0 Å². The van der Waals surface area contributed by atoms with Crippen molar-refractivity contribution in [3.05, 3.63) is 36.4 Å². The lowest BCUT2D eigenvalue weighted by molar-refractivity contribution is 0.554. The van der Waals surface area contributed by atoms with Crippen molar-refractivity contribution in [3.63, 3.8) is 0 Å². The van der Waals surface area contributed by atoms with Crippen molar-refractivity contribution in [3.8, 4) is 11.1 Å². The normalized spacial score (nSPS) is 11.8. The first-order chi connectivity index (χ1) is 7.48. The number of pyridine rings is 1. The first kappa shape index (κ1) is 10.9. The summed E-state index contributed by atoms with van der Waals surface area (Å²) in [4.78, 5) is 4.04. The van der Waals surface area contributed by atoms with Crippen LogP contribution in [0.3, 0.4) is 0 Å². The van der Waals surface area contributed by atoms with Gasteiger partial charge in [0.15, 0.2) is 0 Å². The molecule has 0 aliphatic rings. The molecule has 3 nitrogen and oxygen atoms in total. The Morgan fingerprint density at radius 3 is 2.31 bits per heavy atom. The van der Waals surface area contributed by atoms with Gasteiger partial charge in [0.2, 0.25) is 0 Å². The summed E-state index contributed by atoms with van der Waals surface area (Å²) < 4.78 is 1.87. The first-order valence-corrected chi connectivity index (χ1v) is 5.43. The van der Waals surface area contributed by atoms with Gasteiger partial charge in [0, 0.05) is 36.6 Å². The van der Waals surface area contributed by atoms with Gasteiger partial charge >= 0.3 is 0 Å². The van der Waals surface area contributed by atoms with Crippen LogP contribution in [0.2, 0.25) is 0 Å². The van der Waals surface area contributed by atoms with Crippen LogP contribution >= 0.6 is 0 Å². The molecule has 2 heterocycles. The molecule has 0 unspecified atom stereocenters. The van der Waals surface area contributed by atoms with E-state index in [1.54, 1.807) is 0 Å². The SMILES string of the molecule is Cn1cc(-c2ccncc2)c(C(C)(C)C)n1. The van der Waals surface area contributed by atoms with Crippen molar-refractivity contribution in [2.75, 3.05) is 0 Å². The maximum absolute atomic E-state index is 4.55. The van der Waals surface area contributed by atoms with Crippen LogP contribution in [-0.4, -0.2) is 14.8 Å². The molecule has 0 atom stereocenters. The van der Waals surface area contributed by atoms with Gasteiger partial charge in [0.25, 0.3) is 0 Å². The summed E-state index contributed by atoms with van der Waals surface area (Å²) in [5, 5.41) is 4.55. The van der Waals surface area contributed by atoms with Crippen molar-refractivity contribution in [2.24, 2.45) is 7.05 Å². The van der Waals surface area contributed by atoms with Gasteiger partial charge in [-0.15, -0.1) is 0 Å². The quantitative estimate of drug-likeness (QED) is 0.732. The largest absolute Gasteiger partial charge is 0.275 e. The van der Waals surface area contributed by atoms with Gasteiger partial charge in [-0.05, 0) is 17.7 Å². The Balaban J connectivity index is 2.58. The van der Waals surface area contributed by atoms with Gasteiger partial charge in [0.1, 0.15) is 0 Å². The summed E-state index contributed by atoms with van der Waals surface area (Å²) >= 11 is 0. The predicted octanol–water partition coefficient (Wildman–Crippen LogP) is 2.78. The molecular formula is C13H17N3. The van der Waals surface area contributed by atoms with Gasteiger partial charge in [-0.3, -0.25) is 9.67 Å². The zero-order chi connectivity index (χ0) is 11.8. The topological polar surface area (TPSA) is 30.7 Å². The minimum absolute atomic E-state index is 0.0554. The molecule has 0 aromatic carbocycles. The van der Waals surface area contributed by atoms with Gasteiger partial charge in [-0.2, -0.15) is 5.10 Å². The molecule has 16 heavy (non-hydrogen) atoms. The van der Waals surface area contributed by atoms with E-state index in [2.05, 4.69) is 37.1 Å². The molecule has 3 heteroatoms. The lowest BCUT2D eigenvalue weighted by Crippen LogP contribution is -2.13. The average molecular weight is 215 g/mol. The van der Waals surface area contributed by atoms with E-state index in [1.807, 2.05) is 36.3 Å². The molecule has 0 N–H and O–H groups in total. The minimum atomic E-state index is 0.0554. The standard InChI is InChI=1S/C13H17N3/c1-13(2,3)12-11(9-16(4)15-12)10-5-7-14-8-6-10/h5-9H,1-4H3. The maximum Gasteiger partial charge on any atom is 0.0756 e. The van der Waals surface area contributed by atoms with E-state index < -0.39 is 0 Å². The predicted molar refractivity (Wildman–Crippen MR) is 65.1 cm³/mol. The zero-order valence-electron chi connectivity index (χ0n) is 10.2. The minimum Gasteiger partial charge on any atom is -0.275 e. The molecule has 2 aromatic heterocycles. The highest BCUT2D eigenvalue weighted by molar-refractivity contribution is 5.65. The Hall–Kier alpha value is -1.64. The highest BCUT2D eigenvalue weighted by Crippen LogP contribution is 2.31. The van der Waals surface area contributed by atoms with Gasteiger partial charge in [0.05, 0.1) is 5.69 Å². The summed E-state index contributed by atoms with van der Waals surface area (Å²) in [5.74, 6) is 0. The van der Waals surface area contributed by atoms with Crippen LogP contribution in [0.25, 0.3) is 11.1 Å². The van der Waals surface area contributed by atoms with Crippen LogP contribution < -0.4 is 0 Å². The van der Waals surface area contributed by atoms with Crippen molar-refractivity contribution in [2.45, 2.75) is 26.2 Å². The molecule has 0 radical (unpaired) electrons. The molecular weight excluding hydrogens is 198 g/mol. The van der Waals surface area contributed by atoms with Crippen LogP contribution in [0.5, 0.6) is 0 Å². The molecule has 84 valence electrons. The van der Waals surface area contributed by atoms with Gasteiger partial charge in [-0.25, -0.2) is 0 Å². The number of nitrogens with zero attached hydrogens (tertiary/aromatic N) is 3. The van der Waals surface area contributed by atoms with Crippen LogP contribution in [0.15, 0.2) is 30.7 Å². The molecule has 0 saturated heterocycles. The van der Waals surface area contributed by atoms with E-state index in [-0.39, 0.29) is 5.41 Å². The Kier molecular flexibility index (Phi) is 2.54. The summed E-state index contributed by atoms with van der Waals surface area (Å²) in [7, 11) is 1.96. The van der Waals surface area contributed by atoms with Crippen LogP contribution in [0.1, 0.15) is 26.5 Å². The maximum atomic E-state index is 4.55. The van der Waals surface area contributed by atoms with Crippen LogP contribution in [-0.2, 0) is 12.5 Å². The molecule has 2 rings (SSSR count). The summed E-state index contributed by atoms with van der Waals surface area (Å²) in [6, 6.07) is 4.04. The van der Waals surface area contributed by atoms with Crippen molar-refractivity contribution in [1.82, 2.24) is 14.8 Å². The third kappa shape index (κ3) is 1.98. The molecule has 0 saturated carbocycles. The number of aromatic nitrogens is 3. The zero-order valence-corrected chi connectivity index (χ0v) is 10.2. The van der Waals surface area contributed by atoms with Crippen molar-refractivity contribution < 1.29 is 0 Å². The second kappa shape index (κ2) is 3.74. The third-order valence-electron chi connectivity index (χ3n) is 2.53. The molecule has 0 spiro atoms. The average Bonchev–Trinajstić information content (AvgIpc) is 2.61. The Morgan fingerprint density at radius 1 is 1.12 bits per heavy atom. The number of hydrogen-bond acceptors (Lipinski definition) is 2. The van der Waals surface area contributed by atoms with Crippen molar-refractivity contribution >= 4 is 0 Å². The molecule has 0 bridgehead atoms. The van der Waals surface area contributed by atoms with E-state index in [0.717, 1.165) is 5.69 Å². The number of hydrogen-bond donors (Lipinski definition) is 0. The summed E-state index contributed by atoms with van der Waals surface area (Å²) in [5.41, 5.74) is 3.55. The highest BCUT2D eigenvalue weighted by Gasteiger charge is 2.22. The molecule has 0 fully saturated rings. The molecule has 0 aliphatic carbocycles. The second-order valence-electron chi connectivity index (χ2n) is 5.05. The van der Waals surface area contributed by atoms with Crippen LogP contribution in [0.4, 0.5) is 0 Å². The third-order valence-corrected chi connectivity index (χ3v) is 2.53. The summed E-state index contributed by atoms with van der Waals surface area (Å²) in [6.45, 7) is 6.54. The van der Waals surface area contributed by atoms with E-state index >= 15 is 0 Å². The number of aryl methyl sites for hydroxylation is 1.